The third-order valence-corrected chi connectivity index (χ3v) is 2.64. The fourth-order valence-corrected chi connectivity index (χ4v) is 1.92. The minimum absolute atomic E-state index is 0.0909. The Morgan fingerprint density at radius 1 is 1.06 bits per heavy atom. The third-order valence-electron chi connectivity index (χ3n) is 2.64. The first-order valence-electron chi connectivity index (χ1n) is 5.61. The summed E-state index contributed by atoms with van der Waals surface area (Å²) in [6.45, 7) is 8.64. The van der Waals surface area contributed by atoms with Gasteiger partial charge in [-0.1, -0.05) is 51.1 Å². The lowest BCUT2D eigenvalue weighted by molar-refractivity contribution is 0.568. The molecule has 2 heteroatoms. The molecule has 0 saturated carbocycles. The Labute approximate surface area is 96.7 Å². The predicted octanol–water partition coefficient (Wildman–Crippen LogP) is 3.68. The van der Waals surface area contributed by atoms with Crippen LogP contribution in [-0.2, 0) is 5.41 Å². The van der Waals surface area contributed by atoms with Crippen molar-refractivity contribution in [3.63, 3.8) is 0 Å². The summed E-state index contributed by atoms with van der Waals surface area (Å²) in [6, 6.07) is 10.2. The van der Waals surface area contributed by atoms with E-state index in [0.717, 1.165) is 22.8 Å². The Morgan fingerprint density at radius 3 is 2.19 bits per heavy atom. The maximum atomic E-state index is 4.70. The van der Waals surface area contributed by atoms with E-state index in [4.69, 9.17) is 4.98 Å². The monoisotopic (exact) mass is 214 g/mol. The molecule has 0 unspecified atom stereocenters. The number of hydrogen-bond acceptors (Lipinski definition) is 1. The van der Waals surface area contributed by atoms with Gasteiger partial charge >= 0.3 is 0 Å². The molecule has 1 N–H and O–H groups in total. The van der Waals surface area contributed by atoms with E-state index >= 15 is 0 Å². The van der Waals surface area contributed by atoms with E-state index in [9.17, 15) is 0 Å². The van der Waals surface area contributed by atoms with E-state index in [-0.39, 0.29) is 5.41 Å². The SMILES string of the molecule is Cc1[nH]c(-c2ccccc2)nc1C(C)(C)C. The van der Waals surface area contributed by atoms with Gasteiger partial charge in [0.2, 0.25) is 0 Å². The molecule has 0 radical (unpaired) electrons. The van der Waals surface area contributed by atoms with Gasteiger partial charge in [-0.3, -0.25) is 0 Å². The minimum atomic E-state index is 0.0909. The zero-order valence-electron chi connectivity index (χ0n) is 10.3. The van der Waals surface area contributed by atoms with Gasteiger partial charge in [0.15, 0.2) is 0 Å². The second kappa shape index (κ2) is 3.78. The first-order valence-corrected chi connectivity index (χ1v) is 5.61. The van der Waals surface area contributed by atoms with E-state index in [2.05, 4.69) is 44.8 Å². The molecule has 2 nitrogen and oxygen atoms in total. The number of rotatable bonds is 1. The van der Waals surface area contributed by atoms with Gasteiger partial charge in [0.05, 0.1) is 5.69 Å². The van der Waals surface area contributed by atoms with Gasteiger partial charge in [0.25, 0.3) is 0 Å². The first kappa shape index (κ1) is 10.9. The number of aromatic nitrogens is 2. The lowest BCUT2D eigenvalue weighted by atomic mass is 9.91. The molecule has 1 heterocycles. The van der Waals surface area contributed by atoms with Crippen molar-refractivity contribution in [2.24, 2.45) is 0 Å². The number of hydrogen-bond donors (Lipinski definition) is 1. The molecule has 0 atom stereocenters. The Balaban J connectivity index is 2.47. The van der Waals surface area contributed by atoms with Crippen molar-refractivity contribution in [1.82, 2.24) is 9.97 Å². The van der Waals surface area contributed by atoms with Crippen molar-refractivity contribution in [2.45, 2.75) is 33.1 Å². The average Bonchev–Trinajstić information content (AvgIpc) is 2.61. The quantitative estimate of drug-likeness (QED) is 0.770. The number of nitrogens with one attached hydrogen (secondary N) is 1. The number of benzene rings is 1. The lowest BCUT2D eigenvalue weighted by Gasteiger charge is -2.15. The van der Waals surface area contributed by atoms with Gasteiger partial charge in [-0.05, 0) is 6.92 Å². The maximum Gasteiger partial charge on any atom is 0.137 e. The molecular formula is C14H18N2. The van der Waals surface area contributed by atoms with Crippen molar-refractivity contribution in [3.8, 4) is 11.4 Å². The fourth-order valence-electron chi connectivity index (χ4n) is 1.92. The van der Waals surface area contributed by atoms with E-state index in [0.29, 0.717) is 0 Å². The molecule has 0 saturated heterocycles. The first-order chi connectivity index (χ1) is 7.48. The second-order valence-corrected chi connectivity index (χ2v) is 5.18. The molecule has 2 aromatic rings. The van der Waals surface area contributed by atoms with Crippen LogP contribution in [0.1, 0.15) is 32.2 Å². The van der Waals surface area contributed by atoms with Crippen LogP contribution in [0.5, 0.6) is 0 Å². The fraction of sp³-hybridized carbons (Fsp3) is 0.357. The van der Waals surface area contributed by atoms with Crippen LogP contribution < -0.4 is 0 Å². The standard InChI is InChI=1S/C14H18N2/c1-10-12(14(2,3)4)16-13(15-10)11-8-6-5-7-9-11/h5-9H,1-4H3,(H,15,16). The van der Waals surface area contributed by atoms with Gasteiger partial charge in [-0.25, -0.2) is 4.98 Å². The Bertz CT molecular complexity index is 475. The molecule has 0 aliphatic heterocycles. The molecule has 0 fully saturated rings. The van der Waals surface area contributed by atoms with Crippen LogP contribution in [0.25, 0.3) is 11.4 Å². The van der Waals surface area contributed by atoms with Gasteiger partial charge < -0.3 is 4.98 Å². The highest BCUT2D eigenvalue weighted by Crippen LogP contribution is 2.26. The highest BCUT2D eigenvalue weighted by molar-refractivity contribution is 5.56. The van der Waals surface area contributed by atoms with Crippen molar-refractivity contribution in [2.75, 3.05) is 0 Å². The number of imidazole rings is 1. The Morgan fingerprint density at radius 2 is 1.69 bits per heavy atom. The number of nitrogens with zero attached hydrogens (tertiary/aromatic N) is 1. The maximum absolute atomic E-state index is 4.70. The largest absolute Gasteiger partial charge is 0.342 e. The summed E-state index contributed by atoms with van der Waals surface area (Å²) < 4.78 is 0. The summed E-state index contributed by atoms with van der Waals surface area (Å²) in [5, 5.41) is 0. The number of aromatic amines is 1. The van der Waals surface area contributed by atoms with E-state index in [1.54, 1.807) is 0 Å². The smallest absolute Gasteiger partial charge is 0.137 e. The van der Waals surface area contributed by atoms with Crippen LogP contribution in [0.2, 0.25) is 0 Å². The van der Waals surface area contributed by atoms with Crippen LogP contribution in [0, 0.1) is 6.92 Å². The molecule has 0 aliphatic carbocycles. The molecule has 0 spiro atoms. The predicted molar refractivity (Wildman–Crippen MR) is 67.5 cm³/mol. The van der Waals surface area contributed by atoms with Crippen LogP contribution in [0.3, 0.4) is 0 Å². The van der Waals surface area contributed by atoms with Gasteiger partial charge in [-0.15, -0.1) is 0 Å². The van der Waals surface area contributed by atoms with Crippen molar-refractivity contribution in [1.29, 1.82) is 0 Å². The molecule has 0 aliphatic rings. The number of aryl methyl sites for hydroxylation is 1. The van der Waals surface area contributed by atoms with Crippen LogP contribution >= 0.6 is 0 Å². The van der Waals surface area contributed by atoms with E-state index < -0.39 is 0 Å². The zero-order chi connectivity index (χ0) is 11.8. The molecule has 2 rings (SSSR count). The van der Waals surface area contributed by atoms with Crippen molar-refractivity contribution < 1.29 is 0 Å². The highest BCUT2D eigenvalue weighted by Gasteiger charge is 2.20. The zero-order valence-corrected chi connectivity index (χ0v) is 10.3. The van der Waals surface area contributed by atoms with E-state index in [1.807, 2.05) is 18.2 Å². The molecule has 1 aromatic heterocycles. The van der Waals surface area contributed by atoms with Crippen LogP contribution in [0.4, 0.5) is 0 Å². The van der Waals surface area contributed by atoms with Crippen LogP contribution in [0.15, 0.2) is 30.3 Å². The molecule has 84 valence electrons. The van der Waals surface area contributed by atoms with Gasteiger partial charge in [-0.2, -0.15) is 0 Å². The summed E-state index contributed by atoms with van der Waals surface area (Å²) in [6.07, 6.45) is 0. The van der Waals surface area contributed by atoms with Gasteiger partial charge in [0, 0.05) is 16.7 Å². The molecule has 0 amide bonds. The number of H-pyrrole nitrogens is 1. The van der Waals surface area contributed by atoms with Crippen molar-refractivity contribution >= 4 is 0 Å². The lowest BCUT2D eigenvalue weighted by Crippen LogP contribution is -2.13. The summed E-state index contributed by atoms with van der Waals surface area (Å²) in [4.78, 5) is 8.05. The van der Waals surface area contributed by atoms with Gasteiger partial charge in [0.1, 0.15) is 5.82 Å². The van der Waals surface area contributed by atoms with Crippen LogP contribution in [-0.4, -0.2) is 9.97 Å². The second-order valence-electron chi connectivity index (χ2n) is 5.18. The molecular weight excluding hydrogens is 196 g/mol. The average molecular weight is 214 g/mol. The Hall–Kier alpha value is -1.57. The Kier molecular flexibility index (Phi) is 2.58. The summed E-state index contributed by atoms with van der Waals surface area (Å²) in [7, 11) is 0. The third kappa shape index (κ3) is 2.01. The molecule has 0 bridgehead atoms. The highest BCUT2D eigenvalue weighted by atomic mass is 14.9. The summed E-state index contributed by atoms with van der Waals surface area (Å²) >= 11 is 0. The summed E-state index contributed by atoms with van der Waals surface area (Å²) in [5.41, 5.74) is 3.53. The molecule has 16 heavy (non-hydrogen) atoms. The van der Waals surface area contributed by atoms with E-state index in [1.165, 1.54) is 0 Å². The minimum Gasteiger partial charge on any atom is -0.342 e. The normalized spacial score (nSPS) is 11.8. The topological polar surface area (TPSA) is 28.7 Å². The summed E-state index contributed by atoms with van der Waals surface area (Å²) in [5.74, 6) is 0.961. The molecule has 1 aromatic carbocycles. The van der Waals surface area contributed by atoms with Crippen molar-refractivity contribution in [3.05, 3.63) is 41.7 Å².